The van der Waals surface area contributed by atoms with Crippen molar-refractivity contribution in [2.75, 3.05) is 13.7 Å². The number of nitrogens with one attached hydrogen (secondary N) is 1. The third-order valence-electron chi connectivity index (χ3n) is 3.62. The molecule has 0 radical (unpaired) electrons. The Hall–Kier alpha value is -2.07. The Morgan fingerprint density at radius 1 is 1.20 bits per heavy atom. The van der Waals surface area contributed by atoms with Gasteiger partial charge in [0.25, 0.3) is 0 Å². The number of carbonyl (C=O) groups excluding carboxylic acids is 1. The summed E-state index contributed by atoms with van der Waals surface area (Å²) >= 11 is 0. The summed E-state index contributed by atoms with van der Waals surface area (Å²) < 4.78 is 10.8. The van der Waals surface area contributed by atoms with Gasteiger partial charge in [0.05, 0.1) is 7.11 Å². The summed E-state index contributed by atoms with van der Waals surface area (Å²) in [5.74, 6) is 0.634. The maximum atomic E-state index is 11.5. The first kappa shape index (κ1) is 12.9. The van der Waals surface area contributed by atoms with Crippen molar-refractivity contribution < 1.29 is 14.3 Å². The fourth-order valence-electron chi connectivity index (χ4n) is 2.59. The van der Waals surface area contributed by atoms with Gasteiger partial charge in [-0.05, 0) is 11.5 Å². The number of benzene rings is 2. The lowest BCUT2D eigenvalue weighted by Crippen LogP contribution is -2.31. The molecular formula is C16H17NO3. The second-order valence-corrected chi connectivity index (χ2v) is 4.94. The molecule has 1 fully saturated rings. The third-order valence-corrected chi connectivity index (χ3v) is 3.62. The molecule has 0 spiro atoms. The van der Waals surface area contributed by atoms with Crippen LogP contribution in [0.4, 0.5) is 0 Å². The average molecular weight is 271 g/mol. The van der Waals surface area contributed by atoms with Gasteiger partial charge in [0, 0.05) is 18.4 Å². The van der Waals surface area contributed by atoms with Crippen molar-refractivity contribution in [3.63, 3.8) is 0 Å². The molecule has 1 saturated heterocycles. The zero-order valence-electron chi connectivity index (χ0n) is 11.3. The zero-order valence-corrected chi connectivity index (χ0v) is 11.3. The van der Waals surface area contributed by atoms with E-state index in [4.69, 9.17) is 9.47 Å². The summed E-state index contributed by atoms with van der Waals surface area (Å²) in [6.45, 7) is 0.656. The van der Waals surface area contributed by atoms with Crippen LogP contribution in [0.25, 0.3) is 10.8 Å². The van der Waals surface area contributed by atoms with Gasteiger partial charge in [-0.1, -0.05) is 36.4 Å². The van der Waals surface area contributed by atoms with Crippen LogP contribution >= 0.6 is 0 Å². The average Bonchev–Trinajstić information content (AvgIpc) is 2.95. The van der Waals surface area contributed by atoms with E-state index in [1.807, 2.05) is 30.3 Å². The summed E-state index contributed by atoms with van der Waals surface area (Å²) in [6.07, 6.45) is 0.625. The molecule has 2 atom stereocenters. The van der Waals surface area contributed by atoms with Gasteiger partial charge < -0.3 is 14.8 Å². The first-order chi connectivity index (χ1) is 9.78. The van der Waals surface area contributed by atoms with Gasteiger partial charge in [-0.15, -0.1) is 0 Å². The SMILES string of the molecule is COC(=O)[C@H]1C[C@@H](Oc2cccc3ccccc23)CN1. The molecule has 0 aliphatic carbocycles. The number of fused-ring (bicyclic) bond motifs is 1. The normalized spacial score (nSPS) is 21.9. The van der Waals surface area contributed by atoms with Crippen LogP contribution in [-0.4, -0.2) is 31.8 Å². The van der Waals surface area contributed by atoms with E-state index >= 15 is 0 Å². The number of ether oxygens (including phenoxy) is 2. The molecular weight excluding hydrogens is 254 g/mol. The molecule has 2 aromatic rings. The third kappa shape index (κ3) is 2.47. The summed E-state index contributed by atoms with van der Waals surface area (Å²) in [5, 5.41) is 5.37. The minimum absolute atomic E-state index is 0.00935. The Kier molecular flexibility index (Phi) is 3.56. The fraction of sp³-hybridized carbons (Fsp3) is 0.312. The molecule has 1 heterocycles. The Morgan fingerprint density at radius 2 is 2.00 bits per heavy atom. The standard InChI is InChI=1S/C16H17NO3/c1-19-16(18)14-9-12(10-17-14)20-15-8-4-6-11-5-2-3-7-13(11)15/h2-8,12,14,17H,9-10H2,1H3/t12-,14-/m1/s1. The highest BCUT2D eigenvalue weighted by atomic mass is 16.5. The first-order valence-electron chi connectivity index (χ1n) is 6.73. The molecule has 20 heavy (non-hydrogen) atoms. The Labute approximate surface area is 117 Å². The Bertz CT molecular complexity index is 621. The van der Waals surface area contributed by atoms with Gasteiger partial charge in [-0.2, -0.15) is 0 Å². The molecule has 1 aliphatic heterocycles. The van der Waals surface area contributed by atoms with Crippen molar-refractivity contribution in [2.45, 2.75) is 18.6 Å². The summed E-state index contributed by atoms with van der Waals surface area (Å²) in [5.41, 5.74) is 0. The van der Waals surface area contributed by atoms with Crippen molar-refractivity contribution in [1.29, 1.82) is 0 Å². The molecule has 1 N–H and O–H groups in total. The second-order valence-electron chi connectivity index (χ2n) is 4.94. The quantitative estimate of drug-likeness (QED) is 0.869. The number of carbonyl (C=O) groups is 1. The summed E-state index contributed by atoms with van der Waals surface area (Å²) in [6, 6.07) is 13.9. The first-order valence-corrected chi connectivity index (χ1v) is 6.73. The zero-order chi connectivity index (χ0) is 13.9. The van der Waals surface area contributed by atoms with Crippen molar-refractivity contribution >= 4 is 16.7 Å². The van der Waals surface area contributed by atoms with Crippen LogP contribution in [0, 0.1) is 0 Å². The minimum Gasteiger partial charge on any atom is -0.488 e. The van der Waals surface area contributed by atoms with E-state index in [1.54, 1.807) is 0 Å². The topological polar surface area (TPSA) is 47.6 Å². The van der Waals surface area contributed by atoms with E-state index in [9.17, 15) is 4.79 Å². The van der Waals surface area contributed by atoms with E-state index in [2.05, 4.69) is 17.4 Å². The number of esters is 1. The summed E-state index contributed by atoms with van der Waals surface area (Å²) in [4.78, 5) is 11.5. The van der Waals surface area contributed by atoms with Crippen LogP contribution in [0.5, 0.6) is 5.75 Å². The highest BCUT2D eigenvalue weighted by Crippen LogP contribution is 2.27. The van der Waals surface area contributed by atoms with E-state index in [0.717, 1.165) is 16.5 Å². The maximum absolute atomic E-state index is 11.5. The monoisotopic (exact) mass is 271 g/mol. The summed E-state index contributed by atoms with van der Waals surface area (Å²) in [7, 11) is 1.41. The molecule has 4 nitrogen and oxygen atoms in total. The van der Waals surface area contributed by atoms with Crippen LogP contribution in [0.3, 0.4) is 0 Å². The highest BCUT2D eigenvalue weighted by Gasteiger charge is 2.31. The molecule has 0 bridgehead atoms. The Balaban J connectivity index is 1.76. The molecule has 0 amide bonds. The molecule has 2 aromatic carbocycles. The fourth-order valence-corrected chi connectivity index (χ4v) is 2.59. The van der Waals surface area contributed by atoms with E-state index < -0.39 is 0 Å². The molecule has 0 saturated carbocycles. The van der Waals surface area contributed by atoms with Gasteiger partial charge in [0.1, 0.15) is 17.9 Å². The van der Waals surface area contributed by atoms with Crippen LogP contribution in [0.15, 0.2) is 42.5 Å². The van der Waals surface area contributed by atoms with Crippen molar-refractivity contribution in [2.24, 2.45) is 0 Å². The minimum atomic E-state index is -0.264. The van der Waals surface area contributed by atoms with Gasteiger partial charge >= 0.3 is 5.97 Å². The van der Waals surface area contributed by atoms with E-state index in [1.165, 1.54) is 7.11 Å². The van der Waals surface area contributed by atoms with Crippen LogP contribution in [0.2, 0.25) is 0 Å². The molecule has 3 rings (SSSR count). The van der Waals surface area contributed by atoms with Crippen LogP contribution < -0.4 is 10.1 Å². The highest BCUT2D eigenvalue weighted by molar-refractivity contribution is 5.88. The van der Waals surface area contributed by atoms with Gasteiger partial charge in [0.2, 0.25) is 0 Å². The lowest BCUT2D eigenvalue weighted by Gasteiger charge is -2.14. The number of hydrogen-bond acceptors (Lipinski definition) is 4. The molecule has 1 aliphatic rings. The van der Waals surface area contributed by atoms with Crippen LogP contribution in [0.1, 0.15) is 6.42 Å². The van der Waals surface area contributed by atoms with Gasteiger partial charge in [-0.3, -0.25) is 4.79 Å². The predicted molar refractivity (Wildman–Crippen MR) is 76.8 cm³/mol. The van der Waals surface area contributed by atoms with Gasteiger partial charge in [0.15, 0.2) is 0 Å². The lowest BCUT2D eigenvalue weighted by atomic mass is 10.1. The maximum Gasteiger partial charge on any atom is 0.323 e. The van der Waals surface area contributed by atoms with E-state index in [-0.39, 0.29) is 18.1 Å². The Morgan fingerprint density at radius 3 is 2.85 bits per heavy atom. The van der Waals surface area contributed by atoms with E-state index in [0.29, 0.717) is 13.0 Å². The van der Waals surface area contributed by atoms with Crippen molar-refractivity contribution in [3.05, 3.63) is 42.5 Å². The number of rotatable bonds is 3. The smallest absolute Gasteiger partial charge is 0.323 e. The van der Waals surface area contributed by atoms with Crippen molar-refractivity contribution in [3.8, 4) is 5.75 Å². The second kappa shape index (κ2) is 5.51. The molecule has 4 heteroatoms. The number of hydrogen-bond donors (Lipinski definition) is 1. The number of methoxy groups -OCH3 is 1. The van der Waals surface area contributed by atoms with Gasteiger partial charge in [-0.25, -0.2) is 0 Å². The predicted octanol–water partition coefficient (Wildman–Crippen LogP) is 2.12. The van der Waals surface area contributed by atoms with Crippen molar-refractivity contribution in [1.82, 2.24) is 5.32 Å². The molecule has 104 valence electrons. The molecule has 0 unspecified atom stereocenters. The largest absolute Gasteiger partial charge is 0.488 e. The van der Waals surface area contributed by atoms with Crippen LogP contribution in [-0.2, 0) is 9.53 Å². The lowest BCUT2D eigenvalue weighted by molar-refractivity contribution is -0.142. The molecule has 0 aromatic heterocycles.